The number of nitrogens with zero attached hydrogens (tertiary/aromatic N) is 2. The number of methoxy groups -OCH3 is 1. The summed E-state index contributed by atoms with van der Waals surface area (Å²) in [5, 5.41) is 14.7. The number of benzene rings is 1. The van der Waals surface area contributed by atoms with E-state index >= 15 is 0 Å². The van der Waals surface area contributed by atoms with Gasteiger partial charge in [-0.05, 0) is 56.5 Å². The molecule has 0 aliphatic carbocycles. The molecule has 0 saturated carbocycles. The minimum absolute atomic E-state index is 0.704. The van der Waals surface area contributed by atoms with Crippen molar-refractivity contribution in [3.63, 3.8) is 0 Å². The largest absolute Gasteiger partial charge is 0.496 e. The van der Waals surface area contributed by atoms with Crippen molar-refractivity contribution in [3.8, 4) is 5.75 Å². The van der Waals surface area contributed by atoms with E-state index in [1.807, 2.05) is 25.1 Å². The van der Waals surface area contributed by atoms with Crippen LogP contribution in [0.25, 0.3) is 0 Å². The predicted octanol–water partition coefficient (Wildman–Crippen LogP) is 3.52. The third-order valence-corrected chi connectivity index (χ3v) is 4.11. The van der Waals surface area contributed by atoms with E-state index < -0.39 is 6.10 Å². The van der Waals surface area contributed by atoms with E-state index in [0.29, 0.717) is 6.54 Å². The molecular formula is C13H14Br2N2O2. The first-order valence-electron chi connectivity index (χ1n) is 5.81. The molecule has 0 amide bonds. The van der Waals surface area contributed by atoms with Crippen LogP contribution < -0.4 is 4.74 Å². The maximum Gasteiger partial charge on any atom is 0.133 e. The highest BCUT2D eigenvalue weighted by molar-refractivity contribution is 9.10. The van der Waals surface area contributed by atoms with Crippen LogP contribution in [0.1, 0.15) is 24.3 Å². The quantitative estimate of drug-likeness (QED) is 0.870. The van der Waals surface area contributed by atoms with Gasteiger partial charge in [-0.15, -0.1) is 0 Å². The van der Waals surface area contributed by atoms with Crippen LogP contribution >= 0.6 is 31.9 Å². The summed E-state index contributed by atoms with van der Waals surface area (Å²) in [7, 11) is 1.61. The normalized spacial score (nSPS) is 12.5. The Morgan fingerprint density at radius 1 is 1.37 bits per heavy atom. The fraction of sp³-hybridized carbons (Fsp3) is 0.308. The SMILES string of the molecule is CCn1ncc(Br)c1C(O)c1ccc(OC)c(Br)c1. The van der Waals surface area contributed by atoms with Gasteiger partial charge in [-0.1, -0.05) is 6.07 Å². The first kappa shape index (κ1) is 14.6. The molecule has 0 saturated heterocycles. The highest BCUT2D eigenvalue weighted by Crippen LogP contribution is 2.33. The monoisotopic (exact) mass is 388 g/mol. The molecule has 1 N–H and O–H groups in total. The number of aliphatic hydroxyl groups is 1. The third kappa shape index (κ3) is 2.85. The van der Waals surface area contributed by atoms with Gasteiger partial charge < -0.3 is 9.84 Å². The second-order valence-corrected chi connectivity index (χ2v) is 5.70. The van der Waals surface area contributed by atoms with Gasteiger partial charge in [0.15, 0.2) is 0 Å². The van der Waals surface area contributed by atoms with Gasteiger partial charge in [0.25, 0.3) is 0 Å². The summed E-state index contributed by atoms with van der Waals surface area (Å²) in [4.78, 5) is 0. The van der Waals surface area contributed by atoms with Crippen LogP contribution in [-0.4, -0.2) is 22.0 Å². The van der Waals surface area contributed by atoms with Gasteiger partial charge >= 0.3 is 0 Å². The minimum Gasteiger partial charge on any atom is -0.496 e. The Hall–Kier alpha value is -0.850. The van der Waals surface area contributed by atoms with Gasteiger partial charge in [-0.25, -0.2) is 0 Å². The van der Waals surface area contributed by atoms with Crippen molar-refractivity contribution >= 4 is 31.9 Å². The summed E-state index contributed by atoms with van der Waals surface area (Å²) >= 11 is 6.85. The highest BCUT2D eigenvalue weighted by atomic mass is 79.9. The first-order chi connectivity index (χ1) is 9.08. The molecule has 1 atom stereocenters. The van der Waals surface area contributed by atoms with Gasteiger partial charge in [-0.3, -0.25) is 4.68 Å². The summed E-state index contributed by atoms with van der Waals surface area (Å²) in [5.41, 5.74) is 1.53. The molecule has 1 heterocycles. The Morgan fingerprint density at radius 3 is 2.68 bits per heavy atom. The molecule has 4 nitrogen and oxygen atoms in total. The van der Waals surface area contributed by atoms with Crippen LogP contribution in [0.3, 0.4) is 0 Å². The molecule has 2 aromatic rings. The summed E-state index contributed by atoms with van der Waals surface area (Å²) < 4.78 is 8.56. The lowest BCUT2D eigenvalue weighted by atomic mass is 10.1. The molecule has 0 aliphatic heterocycles. The Labute approximate surface area is 128 Å². The lowest BCUT2D eigenvalue weighted by molar-refractivity contribution is 0.207. The van der Waals surface area contributed by atoms with Gasteiger partial charge in [-0.2, -0.15) is 5.10 Å². The van der Waals surface area contributed by atoms with Crippen LogP contribution in [-0.2, 0) is 6.54 Å². The molecule has 102 valence electrons. The molecule has 1 aromatic carbocycles. The highest BCUT2D eigenvalue weighted by Gasteiger charge is 2.19. The van der Waals surface area contributed by atoms with Crippen LogP contribution in [0, 0.1) is 0 Å². The van der Waals surface area contributed by atoms with E-state index in [1.165, 1.54) is 0 Å². The number of aryl methyl sites for hydroxylation is 1. The fourth-order valence-electron chi connectivity index (χ4n) is 1.91. The number of rotatable bonds is 4. The average molecular weight is 390 g/mol. The predicted molar refractivity (Wildman–Crippen MR) is 80.4 cm³/mol. The molecule has 0 spiro atoms. The van der Waals surface area contributed by atoms with Crippen LogP contribution in [0.5, 0.6) is 5.75 Å². The smallest absolute Gasteiger partial charge is 0.133 e. The molecule has 1 unspecified atom stereocenters. The van der Waals surface area contributed by atoms with Crippen molar-refractivity contribution in [1.29, 1.82) is 0 Å². The Morgan fingerprint density at radius 2 is 2.11 bits per heavy atom. The van der Waals surface area contributed by atoms with Crippen LogP contribution in [0.15, 0.2) is 33.3 Å². The van der Waals surface area contributed by atoms with Gasteiger partial charge in [0.05, 0.1) is 27.9 Å². The maximum absolute atomic E-state index is 10.5. The van der Waals surface area contributed by atoms with Crippen molar-refractivity contribution in [2.24, 2.45) is 0 Å². The number of aliphatic hydroxyl groups excluding tert-OH is 1. The van der Waals surface area contributed by atoms with Crippen molar-refractivity contribution < 1.29 is 9.84 Å². The second kappa shape index (κ2) is 6.07. The zero-order valence-electron chi connectivity index (χ0n) is 10.6. The van der Waals surface area contributed by atoms with E-state index in [9.17, 15) is 5.11 Å². The molecular weight excluding hydrogens is 376 g/mol. The first-order valence-corrected chi connectivity index (χ1v) is 7.39. The summed E-state index contributed by atoms with van der Waals surface area (Å²) in [5.74, 6) is 0.735. The van der Waals surface area contributed by atoms with Crippen molar-refractivity contribution in [2.75, 3.05) is 7.11 Å². The van der Waals surface area contributed by atoms with E-state index in [2.05, 4.69) is 37.0 Å². The van der Waals surface area contributed by atoms with E-state index in [0.717, 1.165) is 26.0 Å². The van der Waals surface area contributed by atoms with Crippen LogP contribution in [0.2, 0.25) is 0 Å². The Kier molecular flexibility index (Phi) is 4.65. The Bertz CT molecular complexity index is 584. The van der Waals surface area contributed by atoms with E-state index in [4.69, 9.17) is 4.74 Å². The lowest BCUT2D eigenvalue weighted by Gasteiger charge is -2.15. The third-order valence-electron chi connectivity index (χ3n) is 2.88. The zero-order chi connectivity index (χ0) is 14.0. The minimum atomic E-state index is -0.737. The maximum atomic E-state index is 10.5. The molecule has 2 rings (SSSR count). The van der Waals surface area contributed by atoms with E-state index in [-0.39, 0.29) is 0 Å². The fourth-order valence-corrected chi connectivity index (χ4v) is 2.98. The molecule has 19 heavy (non-hydrogen) atoms. The Balaban J connectivity index is 2.41. The van der Waals surface area contributed by atoms with E-state index in [1.54, 1.807) is 18.0 Å². The number of aromatic nitrogens is 2. The van der Waals surface area contributed by atoms with Crippen molar-refractivity contribution in [2.45, 2.75) is 19.6 Å². The number of hydrogen-bond acceptors (Lipinski definition) is 3. The van der Waals surface area contributed by atoms with Crippen molar-refractivity contribution in [1.82, 2.24) is 9.78 Å². The summed E-state index contributed by atoms with van der Waals surface area (Å²) in [6, 6.07) is 5.51. The van der Waals surface area contributed by atoms with Gasteiger partial charge in [0.2, 0.25) is 0 Å². The second-order valence-electron chi connectivity index (χ2n) is 3.99. The number of ether oxygens (including phenoxy) is 1. The topological polar surface area (TPSA) is 47.3 Å². The summed E-state index contributed by atoms with van der Waals surface area (Å²) in [6.07, 6.45) is 0.958. The van der Waals surface area contributed by atoms with Crippen molar-refractivity contribution in [3.05, 3.63) is 44.6 Å². The zero-order valence-corrected chi connectivity index (χ0v) is 13.8. The molecule has 0 aliphatic rings. The molecule has 0 bridgehead atoms. The number of hydrogen-bond donors (Lipinski definition) is 1. The molecule has 6 heteroatoms. The average Bonchev–Trinajstić information content (AvgIpc) is 2.78. The molecule has 1 aromatic heterocycles. The summed E-state index contributed by atoms with van der Waals surface area (Å²) in [6.45, 7) is 2.69. The van der Waals surface area contributed by atoms with Crippen LogP contribution in [0.4, 0.5) is 0 Å². The lowest BCUT2D eigenvalue weighted by Crippen LogP contribution is -2.09. The van der Waals surface area contributed by atoms with Gasteiger partial charge in [0, 0.05) is 6.54 Å². The standard InChI is InChI=1S/C13H14Br2N2O2/c1-3-17-12(10(15)7-16-17)13(18)8-4-5-11(19-2)9(14)6-8/h4-7,13,18H,3H2,1-2H3. The molecule has 0 radical (unpaired) electrons. The molecule has 0 fully saturated rings. The van der Waals surface area contributed by atoms with Gasteiger partial charge in [0.1, 0.15) is 11.9 Å². The number of halogens is 2.